The van der Waals surface area contributed by atoms with E-state index in [0.29, 0.717) is 5.02 Å². The third-order valence-electron chi connectivity index (χ3n) is 4.97. The van der Waals surface area contributed by atoms with Crippen LogP contribution in [0.5, 0.6) is 5.75 Å². The molecular formula is C23H27ClN2O. The summed E-state index contributed by atoms with van der Waals surface area (Å²) < 4.78 is 5.37. The fourth-order valence-corrected chi connectivity index (χ4v) is 3.93. The average molecular weight is 383 g/mol. The van der Waals surface area contributed by atoms with E-state index in [9.17, 15) is 0 Å². The third-order valence-corrected chi connectivity index (χ3v) is 5.30. The molecule has 0 saturated carbocycles. The number of allylic oxidation sites excluding steroid dienone is 1. The lowest BCUT2D eigenvalue weighted by atomic mass is 9.88. The molecule has 0 spiro atoms. The van der Waals surface area contributed by atoms with Gasteiger partial charge in [0.15, 0.2) is 0 Å². The van der Waals surface area contributed by atoms with Gasteiger partial charge in [-0.15, -0.1) is 0 Å². The highest BCUT2D eigenvalue weighted by atomic mass is 35.5. The van der Waals surface area contributed by atoms with E-state index in [1.807, 2.05) is 30.5 Å². The number of anilines is 1. The van der Waals surface area contributed by atoms with E-state index in [0.717, 1.165) is 30.0 Å². The van der Waals surface area contributed by atoms with Gasteiger partial charge in [0.05, 0.1) is 17.7 Å². The van der Waals surface area contributed by atoms with Crippen molar-refractivity contribution in [1.29, 1.82) is 0 Å². The Balaban J connectivity index is 2.04. The second-order valence-electron chi connectivity index (χ2n) is 7.45. The lowest BCUT2D eigenvalue weighted by molar-refractivity contribution is 0.416. The van der Waals surface area contributed by atoms with E-state index in [1.54, 1.807) is 7.11 Å². The van der Waals surface area contributed by atoms with Crippen molar-refractivity contribution < 1.29 is 4.74 Å². The molecule has 0 atom stereocenters. The first kappa shape index (κ1) is 19.5. The summed E-state index contributed by atoms with van der Waals surface area (Å²) in [4.78, 5) is 7.03. The molecule has 0 bridgehead atoms. The summed E-state index contributed by atoms with van der Waals surface area (Å²) in [6.45, 7) is 9.87. The van der Waals surface area contributed by atoms with E-state index >= 15 is 0 Å². The molecule has 142 valence electrons. The number of para-hydroxylation sites is 2. The lowest BCUT2D eigenvalue weighted by Gasteiger charge is -2.43. The van der Waals surface area contributed by atoms with Crippen LogP contribution in [0.3, 0.4) is 0 Å². The molecule has 0 unspecified atom stereocenters. The fraction of sp³-hybridized carbons (Fsp3) is 0.348. The van der Waals surface area contributed by atoms with Gasteiger partial charge in [-0.2, -0.15) is 0 Å². The Bertz CT molecular complexity index is 899. The van der Waals surface area contributed by atoms with Crippen LogP contribution in [0.2, 0.25) is 5.02 Å². The second-order valence-corrected chi connectivity index (χ2v) is 7.86. The van der Waals surface area contributed by atoms with Gasteiger partial charge < -0.3 is 9.64 Å². The van der Waals surface area contributed by atoms with Crippen LogP contribution >= 0.6 is 11.6 Å². The highest BCUT2D eigenvalue weighted by molar-refractivity contribution is 6.33. The molecule has 0 N–H and O–H groups in total. The number of hydrogen-bond donors (Lipinski definition) is 0. The quantitative estimate of drug-likeness (QED) is 0.550. The van der Waals surface area contributed by atoms with Crippen molar-refractivity contribution in [2.45, 2.75) is 39.7 Å². The van der Waals surface area contributed by atoms with Crippen LogP contribution in [0.1, 0.15) is 45.2 Å². The molecular weight excluding hydrogens is 356 g/mol. The Labute approximate surface area is 167 Å². The Morgan fingerprint density at radius 3 is 2.67 bits per heavy atom. The smallest absolute Gasteiger partial charge is 0.144 e. The van der Waals surface area contributed by atoms with Crippen molar-refractivity contribution in [3.63, 3.8) is 0 Å². The van der Waals surface area contributed by atoms with Crippen LogP contribution in [-0.2, 0) is 0 Å². The zero-order valence-corrected chi connectivity index (χ0v) is 17.5. The van der Waals surface area contributed by atoms with Gasteiger partial charge in [0.1, 0.15) is 11.4 Å². The average Bonchev–Trinajstić information content (AvgIpc) is 2.63. The summed E-state index contributed by atoms with van der Waals surface area (Å²) in [6.07, 6.45) is 5.24. The molecule has 2 aromatic rings. The number of methoxy groups -OCH3 is 1. The molecule has 1 aliphatic rings. The minimum Gasteiger partial charge on any atom is -0.494 e. The summed E-state index contributed by atoms with van der Waals surface area (Å²) in [7, 11) is 1.65. The van der Waals surface area contributed by atoms with Crippen molar-refractivity contribution in [3.05, 3.63) is 58.6 Å². The number of ether oxygens (including phenoxy) is 1. The van der Waals surface area contributed by atoms with Crippen LogP contribution in [-0.4, -0.2) is 25.4 Å². The van der Waals surface area contributed by atoms with Gasteiger partial charge in [-0.05, 0) is 57.0 Å². The standard InChI is InChI=1S/C23H27ClN2O/c1-6-11-26-21-13-19(24)17(12-18(21)16(2)14-23(26,3)4)15-25-20-9-7-8-10-22(20)27-5/h7-10,12-15H,6,11H2,1-5H3. The molecule has 0 aromatic heterocycles. The van der Waals surface area contributed by atoms with E-state index < -0.39 is 0 Å². The lowest BCUT2D eigenvalue weighted by Crippen LogP contribution is -2.45. The Hall–Kier alpha value is -2.26. The molecule has 0 radical (unpaired) electrons. The van der Waals surface area contributed by atoms with Crippen LogP contribution in [0, 0.1) is 0 Å². The highest BCUT2D eigenvalue weighted by Gasteiger charge is 2.31. The summed E-state index contributed by atoms with van der Waals surface area (Å²) in [5, 5.41) is 0.707. The maximum absolute atomic E-state index is 6.64. The zero-order valence-electron chi connectivity index (χ0n) is 16.7. The SMILES string of the molecule is CCCN1c2cc(Cl)c(C=Nc3ccccc3OC)cc2C(C)=CC1(C)C. The predicted octanol–water partition coefficient (Wildman–Crippen LogP) is 6.51. The Morgan fingerprint density at radius 1 is 1.22 bits per heavy atom. The van der Waals surface area contributed by atoms with Gasteiger partial charge in [0, 0.05) is 29.6 Å². The minimum atomic E-state index is -0.0244. The molecule has 0 saturated heterocycles. The topological polar surface area (TPSA) is 24.8 Å². The monoisotopic (exact) mass is 382 g/mol. The van der Waals surface area contributed by atoms with Crippen molar-refractivity contribution >= 4 is 34.8 Å². The van der Waals surface area contributed by atoms with E-state index in [2.05, 4.69) is 55.8 Å². The second kappa shape index (κ2) is 7.77. The molecule has 1 aliphatic heterocycles. The van der Waals surface area contributed by atoms with Gasteiger partial charge in [0.2, 0.25) is 0 Å². The van der Waals surface area contributed by atoms with E-state index in [-0.39, 0.29) is 5.54 Å². The minimum absolute atomic E-state index is 0.0244. The van der Waals surface area contributed by atoms with Crippen molar-refractivity contribution in [1.82, 2.24) is 0 Å². The first-order chi connectivity index (χ1) is 12.9. The van der Waals surface area contributed by atoms with E-state index in [1.165, 1.54) is 16.8 Å². The molecule has 0 aliphatic carbocycles. The zero-order chi connectivity index (χ0) is 19.6. The number of fused-ring (bicyclic) bond motifs is 1. The van der Waals surface area contributed by atoms with Gasteiger partial charge in [-0.3, -0.25) is 4.99 Å². The van der Waals surface area contributed by atoms with Crippen molar-refractivity contribution in [2.75, 3.05) is 18.6 Å². The van der Waals surface area contributed by atoms with Gasteiger partial charge >= 0.3 is 0 Å². The van der Waals surface area contributed by atoms with Crippen LogP contribution in [0.4, 0.5) is 11.4 Å². The van der Waals surface area contributed by atoms with Crippen molar-refractivity contribution in [3.8, 4) is 5.75 Å². The van der Waals surface area contributed by atoms with Crippen molar-refractivity contribution in [2.24, 2.45) is 4.99 Å². The largest absolute Gasteiger partial charge is 0.494 e. The Kier molecular flexibility index (Phi) is 5.61. The van der Waals surface area contributed by atoms with Gasteiger partial charge in [0.25, 0.3) is 0 Å². The summed E-state index contributed by atoms with van der Waals surface area (Å²) >= 11 is 6.64. The molecule has 2 aromatic carbocycles. The van der Waals surface area contributed by atoms with Gasteiger partial charge in [-0.1, -0.05) is 36.7 Å². The first-order valence-corrected chi connectivity index (χ1v) is 9.73. The number of halogens is 1. The molecule has 3 rings (SSSR count). The summed E-state index contributed by atoms with van der Waals surface area (Å²) in [5.41, 5.74) is 5.35. The fourth-order valence-electron chi connectivity index (χ4n) is 3.72. The van der Waals surface area contributed by atoms with Crippen LogP contribution in [0.15, 0.2) is 47.5 Å². The number of nitrogens with zero attached hydrogens (tertiary/aromatic N) is 2. The summed E-state index contributed by atoms with van der Waals surface area (Å²) in [6, 6.07) is 11.9. The third kappa shape index (κ3) is 3.89. The maximum Gasteiger partial charge on any atom is 0.144 e. The van der Waals surface area contributed by atoms with Gasteiger partial charge in [-0.25, -0.2) is 0 Å². The van der Waals surface area contributed by atoms with E-state index in [4.69, 9.17) is 16.3 Å². The highest BCUT2D eigenvalue weighted by Crippen LogP contribution is 2.41. The summed E-state index contributed by atoms with van der Waals surface area (Å²) in [5.74, 6) is 0.745. The molecule has 3 nitrogen and oxygen atoms in total. The Morgan fingerprint density at radius 2 is 1.96 bits per heavy atom. The number of hydrogen-bond acceptors (Lipinski definition) is 3. The van der Waals surface area contributed by atoms with Crippen LogP contribution in [0.25, 0.3) is 5.57 Å². The predicted molar refractivity (Wildman–Crippen MR) is 117 cm³/mol. The first-order valence-electron chi connectivity index (χ1n) is 9.35. The molecule has 0 amide bonds. The molecule has 0 fully saturated rings. The number of benzene rings is 2. The molecule has 1 heterocycles. The number of aliphatic imine (C=N–C) groups is 1. The maximum atomic E-state index is 6.64. The number of rotatable bonds is 5. The molecule has 27 heavy (non-hydrogen) atoms. The van der Waals surface area contributed by atoms with Crippen LogP contribution < -0.4 is 9.64 Å². The normalized spacial score (nSPS) is 15.6. The molecule has 4 heteroatoms.